The van der Waals surface area contributed by atoms with Gasteiger partial charge in [0.2, 0.25) is 65.0 Å². The van der Waals surface area contributed by atoms with Crippen molar-refractivity contribution in [2.24, 2.45) is 35.5 Å². The number of aliphatic hydroxyl groups excluding tert-OH is 1. The number of carbonyl (C=O) groups is 12. The highest BCUT2D eigenvalue weighted by molar-refractivity contribution is 5.99. The van der Waals surface area contributed by atoms with Gasteiger partial charge in [-0.15, -0.1) is 0 Å². The van der Waals surface area contributed by atoms with Crippen molar-refractivity contribution < 1.29 is 72.1 Å². The maximum Gasteiger partial charge on any atom is 0.406 e. The van der Waals surface area contributed by atoms with Gasteiger partial charge in [-0.1, -0.05) is 95.2 Å². The Balaban J connectivity index is 4.37. The molecule has 0 radical (unpaired) electrons. The van der Waals surface area contributed by atoms with Gasteiger partial charge in [0.05, 0.1) is 25.4 Å². The fourth-order valence-corrected chi connectivity index (χ4v) is 11.3. The van der Waals surface area contributed by atoms with E-state index in [1.807, 2.05) is 41.5 Å². The molecule has 13 atom stereocenters. The fraction of sp³-hybridized carbons (Fsp3) is 0.788. The molecule has 0 spiro atoms. The van der Waals surface area contributed by atoms with E-state index in [0.29, 0.717) is 12.8 Å². The van der Waals surface area contributed by atoms with Crippen LogP contribution in [0.4, 0.5) is 4.79 Å². The predicted octanol–water partition coefficient (Wildman–Crippen LogP) is 2.76. The molecule has 12 amide bonds. The summed E-state index contributed by atoms with van der Waals surface area (Å²) in [6.45, 7) is 26.9. The SMILES string of the molecule is CC=CC[C@@H](C)[C@@H](O)[C@H]1C(=O)N[C@@H](CC)C(=O)N(C)CC(=O)N(C)[C@@H]([C@@H](C)OCCCCOC(=O)NC)C(=O)N[C@@H](C(C)C)C(=O)N(C)[C@@H](CC(C)C)C(=O)N[C@@H](C)C(=O)N[C@H](C)C(=O)N(C)[C@@H](CC(C)C)C(=O)N(C)[C@@H](CC(C)C)C(=O)N(C)[C@@H](C(C)C)C(=O)N1C. The number of nitrogens with zero attached hydrogens (tertiary/aromatic N) is 7. The number of carbonyl (C=O) groups excluding carboxylic acids is 12. The molecular formula is C66H118N12O15. The molecule has 1 aliphatic rings. The fourth-order valence-electron chi connectivity index (χ4n) is 11.3. The molecule has 93 heavy (non-hydrogen) atoms. The number of allylic oxidation sites excluding steroid dienone is 2. The largest absolute Gasteiger partial charge is 0.450 e. The molecule has 0 saturated carbocycles. The number of unbranched alkanes of at least 4 members (excludes halogenated alkanes) is 1. The number of rotatable bonds is 20. The van der Waals surface area contributed by atoms with Gasteiger partial charge in [-0.2, -0.15) is 0 Å². The number of likely N-dealkylation sites (N-methyl/N-ethyl adjacent to an activating group) is 7. The van der Waals surface area contributed by atoms with Gasteiger partial charge in [-0.05, 0) is 108 Å². The van der Waals surface area contributed by atoms with E-state index in [1.165, 1.54) is 89.8 Å². The minimum absolute atomic E-state index is 0.0270. The van der Waals surface area contributed by atoms with E-state index in [1.54, 1.807) is 67.5 Å². The zero-order valence-electron chi connectivity index (χ0n) is 60.4. The summed E-state index contributed by atoms with van der Waals surface area (Å²) in [4.78, 5) is 182. The van der Waals surface area contributed by atoms with Crippen LogP contribution in [0.25, 0.3) is 0 Å². The van der Waals surface area contributed by atoms with Crippen molar-refractivity contribution in [2.45, 2.75) is 228 Å². The van der Waals surface area contributed by atoms with E-state index in [2.05, 4.69) is 26.6 Å². The summed E-state index contributed by atoms with van der Waals surface area (Å²) in [7, 11) is 11.1. The van der Waals surface area contributed by atoms with Crippen LogP contribution >= 0.6 is 0 Å². The third-order valence-electron chi connectivity index (χ3n) is 17.1. The van der Waals surface area contributed by atoms with Crippen molar-refractivity contribution in [3.8, 4) is 0 Å². The van der Waals surface area contributed by atoms with Gasteiger partial charge < -0.3 is 75.5 Å². The molecule has 27 nitrogen and oxygen atoms in total. The molecule has 1 fully saturated rings. The van der Waals surface area contributed by atoms with Crippen molar-refractivity contribution >= 4 is 71.1 Å². The Morgan fingerprint density at radius 2 is 1.02 bits per heavy atom. The van der Waals surface area contributed by atoms with Crippen LogP contribution in [0, 0.1) is 35.5 Å². The summed E-state index contributed by atoms with van der Waals surface area (Å²) in [6, 6.07) is -13.1. The monoisotopic (exact) mass is 1320 g/mol. The first-order valence-electron chi connectivity index (χ1n) is 33.0. The minimum atomic E-state index is -1.65. The van der Waals surface area contributed by atoms with Gasteiger partial charge in [0.25, 0.3) is 0 Å². The third kappa shape index (κ3) is 24.7. The van der Waals surface area contributed by atoms with Gasteiger partial charge in [-0.25, -0.2) is 4.79 Å². The van der Waals surface area contributed by atoms with E-state index >= 15 is 14.4 Å². The minimum Gasteiger partial charge on any atom is -0.450 e. The van der Waals surface area contributed by atoms with E-state index in [-0.39, 0.29) is 63.1 Å². The van der Waals surface area contributed by atoms with E-state index in [0.717, 1.165) is 14.7 Å². The molecule has 0 aromatic carbocycles. The molecule has 0 aromatic rings. The van der Waals surface area contributed by atoms with Crippen LogP contribution in [0.1, 0.15) is 156 Å². The summed E-state index contributed by atoms with van der Waals surface area (Å²) >= 11 is 0. The second-order valence-corrected chi connectivity index (χ2v) is 27.1. The molecular weight excluding hydrogens is 1200 g/mol. The standard InChI is InChI=1S/C66H118N12O15/c1-25-27-30-42(13)55(80)54-59(84)70-46(26-2)61(86)72(18)36-50(79)76(22)53(45(16)92-31-28-29-32-93-66(91)67-17)58(83)71-51(40(9)10)64(89)73(19)47(33-37(3)4)57(82)68-43(14)56(81)69-44(15)60(85)74(20)48(34-38(5)6)62(87)75(21)49(35-39(7)8)63(88)77(23)52(41(11)12)65(90)78(54)24/h25,27,37-49,51-55,80H,26,28-36H2,1-24H3,(H,67,91)(H,68,82)(H,69,81)(H,70,84)(H,71,83)/t42-,43+,44-,45-,46+,47+,48+,49+,51+,52+,53+,54+,55-/m1/s1. The molecule has 532 valence electrons. The van der Waals surface area contributed by atoms with Gasteiger partial charge in [0, 0.05) is 63.0 Å². The van der Waals surface area contributed by atoms with Crippen LogP contribution in [0.5, 0.6) is 0 Å². The van der Waals surface area contributed by atoms with Crippen LogP contribution in [0.15, 0.2) is 12.2 Å². The Hall–Kier alpha value is -6.90. The lowest BCUT2D eigenvalue weighted by molar-refractivity contribution is -0.157. The summed E-state index contributed by atoms with van der Waals surface area (Å²) in [5.74, 6) is -10.4. The number of alkyl carbamates (subject to hydrolysis) is 1. The van der Waals surface area contributed by atoms with Gasteiger partial charge in [-0.3, -0.25) is 52.7 Å². The Labute approximate surface area is 554 Å². The molecule has 1 heterocycles. The second-order valence-electron chi connectivity index (χ2n) is 27.1. The lowest BCUT2D eigenvalue weighted by Crippen LogP contribution is -2.63. The Kier molecular flexibility index (Phi) is 35.9. The van der Waals surface area contributed by atoms with Crippen LogP contribution in [-0.2, 0) is 62.2 Å². The smallest absolute Gasteiger partial charge is 0.406 e. The molecule has 0 aromatic heterocycles. The summed E-state index contributed by atoms with van der Waals surface area (Å²) < 4.78 is 11.2. The number of ether oxygens (including phenoxy) is 2. The lowest BCUT2D eigenvalue weighted by Gasteiger charge is -2.41. The molecule has 1 aliphatic heterocycles. The molecule has 27 heteroatoms. The average Bonchev–Trinajstić information content (AvgIpc) is 0.825. The average molecular weight is 1320 g/mol. The Morgan fingerprint density at radius 3 is 1.52 bits per heavy atom. The van der Waals surface area contributed by atoms with Crippen molar-refractivity contribution in [3.63, 3.8) is 0 Å². The highest BCUT2D eigenvalue weighted by atomic mass is 16.5. The molecule has 0 bridgehead atoms. The third-order valence-corrected chi connectivity index (χ3v) is 17.1. The van der Waals surface area contributed by atoms with Crippen LogP contribution in [0.3, 0.4) is 0 Å². The van der Waals surface area contributed by atoms with Gasteiger partial charge >= 0.3 is 6.09 Å². The van der Waals surface area contributed by atoms with Crippen molar-refractivity contribution in [1.29, 1.82) is 0 Å². The molecule has 0 aliphatic carbocycles. The highest BCUT2D eigenvalue weighted by Crippen LogP contribution is 2.26. The van der Waals surface area contributed by atoms with Crippen molar-refractivity contribution in [3.05, 3.63) is 12.2 Å². The summed E-state index contributed by atoms with van der Waals surface area (Å²) in [6.07, 6.45) is 1.71. The first kappa shape index (κ1) is 84.1. The number of amides is 12. The predicted molar refractivity (Wildman–Crippen MR) is 354 cm³/mol. The lowest BCUT2D eigenvalue weighted by atomic mass is 9.91. The highest BCUT2D eigenvalue weighted by Gasteiger charge is 2.46. The van der Waals surface area contributed by atoms with E-state index in [4.69, 9.17) is 9.47 Å². The molecule has 0 unspecified atom stereocenters. The normalized spacial score (nSPS) is 25.8. The van der Waals surface area contributed by atoms with Gasteiger partial charge in [0.1, 0.15) is 60.4 Å². The van der Waals surface area contributed by atoms with Crippen molar-refractivity contribution in [1.82, 2.24) is 60.9 Å². The Bertz CT molecular complexity index is 2550. The first-order valence-corrected chi connectivity index (χ1v) is 33.0. The number of hydrogen-bond acceptors (Lipinski definition) is 15. The van der Waals surface area contributed by atoms with Crippen LogP contribution in [0.2, 0.25) is 0 Å². The number of hydrogen-bond donors (Lipinski definition) is 6. The zero-order valence-corrected chi connectivity index (χ0v) is 60.4. The number of aliphatic hydroxyl groups is 1. The van der Waals surface area contributed by atoms with Gasteiger partial charge in [0.15, 0.2) is 0 Å². The zero-order chi connectivity index (χ0) is 71.8. The first-order chi connectivity index (χ1) is 43.2. The maximum absolute atomic E-state index is 15.2. The molecule has 1 rings (SSSR count). The topological polar surface area (TPSA) is 326 Å². The number of nitrogens with one attached hydrogen (secondary N) is 5. The van der Waals surface area contributed by atoms with E-state index in [9.17, 15) is 48.3 Å². The second kappa shape index (κ2) is 39.7. The van der Waals surface area contributed by atoms with Crippen LogP contribution in [-0.4, -0.2) is 259 Å². The Morgan fingerprint density at radius 1 is 0.548 bits per heavy atom. The van der Waals surface area contributed by atoms with Crippen LogP contribution < -0.4 is 26.6 Å². The van der Waals surface area contributed by atoms with Crippen molar-refractivity contribution in [2.75, 3.05) is 76.1 Å². The molecule has 6 N–H and O–H groups in total. The maximum atomic E-state index is 15.2. The molecule has 1 saturated heterocycles. The summed E-state index contributed by atoms with van der Waals surface area (Å²) in [5, 5.41) is 25.4. The van der Waals surface area contributed by atoms with E-state index < -0.39 is 168 Å². The summed E-state index contributed by atoms with van der Waals surface area (Å²) in [5.41, 5.74) is 0. The quantitative estimate of drug-likeness (QED) is 0.0754.